The third kappa shape index (κ3) is 4.50. The van der Waals surface area contributed by atoms with Gasteiger partial charge in [-0.1, -0.05) is 29.3 Å². The Balaban J connectivity index is 1.63. The largest absolute Gasteiger partial charge is 0.321 e. The van der Waals surface area contributed by atoms with Crippen LogP contribution in [0.5, 0.6) is 0 Å². The Morgan fingerprint density at radius 2 is 1.69 bits per heavy atom. The van der Waals surface area contributed by atoms with Crippen molar-refractivity contribution in [1.29, 1.82) is 0 Å². The van der Waals surface area contributed by atoms with Crippen LogP contribution in [0, 0.1) is 6.92 Å². The van der Waals surface area contributed by atoms with Gasteiger partial charge in [0.2, 0.25) is 0 Å². The van der Waals surface area contributed by atoms with E-state index in [9.17, 15) is 13.2 Å². The fourth-order valence-electron chi connectivity index (χ4n) is 3.35. The second-order valence-corrected chi connectivity index (χ2v) is 10.7. The predicted molar refractivity (Wildman–Crippen MR) is 133 cm³/mol. The van der Waals surface area contributed by atoms with E-state index in [-0.39, 0.29) is 17.3 Å². The lowest BCUT2D eigenvalue weighted by Gasteiger charge is -2.23. The van der Waals surface area contributed by atoms with E-state index < -0.39 is 10.0 Å². The molecule has 1 N–H and O–H groups in total. The summed E-state index contributed by atoms with van der Waals surface area (Å²) in [4.78, 5) is 13.5. The van der Waals surface area contributed by atoms with Gasteiger partial charge in [0.05, 0.1) is 15.5 Å². The maximum Gasteiger partial charge on any atom is 0.265 e. The number of halogens is 1. The van der Waals surface area contributed by atoms with Crippen LogP contribution in [0.1, 0.15) is 22.2 Å². The molecule has 0 spiro atoms. The highest BCUT2D eigenvalue weighted by Gasteiger charge is 2.24. The van der Waals surface area contributed by atoms with Gasteiger partial charge in [-0.15, -0.1) is 11.3 Å². The zero-order valence-corrected chi connectivity index (χ0v) is 19.9. The number of sulfonamides is 1. The van der Waals surface area contributed by atoms with Crippen molar-refractivity contribution >= 4 is 60.3 Å². The SMILES string of the molecule is CCN(c1ccc2sc(C(=O)Nc3ccc(Cl)cc3)cc2c1)S(=O)(=O)c1ccc(C)cc1. The van der Waals surface area contributed by atoms with Crippen molar-refractivity contribution in [2.24, 2.45) is 0 Å². The van der Waals surface area contributed by atoms with Crippen LogP contribution >= 0.6 is 22.9 Å². The minimum Gasteiger partial charge on any atom is -0.321 e. The maximum absolute atomic E-state index is 13.2. The number of rotatable bonds is 6. The second kappa shape index (κ2) is 8.94. The number of hydrogen-bond acceptors (Lipinski definition) is 4. The van der Waals surface area contributed by atoms with E-state index in [1.807, 2.05) is 13.0 Å². The molecule has 0 radical (unpaired) electrons. The quantitative estimate of drug-likeness (QED) is 0.347. The molecule has 1 amide bonds. The van der Waals surface area contributed by atoms with Gasteiger partial charge in [-0.2, -0.15) is 0 Å². The summed E-state index contributed by atoms with van der Waals surface area (Å²) in [7, 11) is -3.70. The molecule has 0 saturated heterocycles. The number of nitrogens with zero attached hydrogens (tertiary/aromatic N) is 1. The smallest absolute Gasteiger partial charge is 0.265 e. The van der Waals surface area contributed by atoms with Crippen molar-refractivity contribution in [3.8, 4) is 0 Å². The average Bonchev–Trinajstić information content (AvgIpc) is 3.20. The summed E-state index contributed by atoms with van der Waals surface area (Å²) in [5.74, 6) is -0.227. The summed E-state index contributed by atoms with van der Waals surface area (Å²) in [5.41, 5.74) is 2.21. The Kier molecular flexibility index (Phi) is 6.24. The zero-order chi connectivity index (χ0) is 22.9. The molecule has 164 valence electrons. The number of nitrogens with one attached hydrogen (secondary N) is 1. The number of aryl methyl sites for hydroxylation is 1. The van der Waals surface area contributed by atoms with Gasteiger partial charge >= 0.3 is 0 Å². The first-order valence-electron chi connectivity index (χ1n) is 9.98. The van der Waals surface area contributed by atoms with Crippen LogP contribution in [-0.4, -0.2) is 20.9 Å². The highest BCUT2D eigenvalue weighted by atomic mass is 35.5. The van der Waals surface area contributed by atoms with Gasteiger partial charge in [0.15, 0.2) is 0 Å². The van der Waals surface area contributed by atoms with Gasteiger partial charge in [0.25, 0.3) is 15.9 Å². The highest BCUT2D eigenvalue weighted by Crippen LogP contribution is 2.32. The average molecular weight is 485 g/mol. The molecule has 0 unspecified atom stereocenters. The van der Waals surface area contributed by atoms with E-state index >= 15 is 0 Å². The molecule has 0 bridgehead atoms. The molecule has 0 aliphatic heterocycles. The van der Waals surface area contributed by atoms with Crippen LogP contribution < -0.4 is 9.62 Å². The lowest BCUT2D eigenvalue weighted by atomic mass is 10.2. The second-order valence-electron chi connectivity index (χ2n) is 7.28. The molecule has 0 aliphatic carbocycles. The Hall–Kier alpha value is -2.87. The number of hydrogen-bond donors (Lipinski definition) is 1. The molecular weight excluding hydrogens is 464 g/mol. The van der Waals surface area contributed by atoms with Crippen LogP contribution in [0.2, 0.25) is 5.02 Å². The van der Waals surface area contributed by atoms with E-state index in [1.165, 1.54) is 15.6 Å². The molecule has 4 aromatic rings. The number of benzene rings is 3. The van der Waals surface area contributed by atoms with Gasteiger partial charge in [-0.25, -0.2) is 8.42 Å². The zero-order valence-electron chi connectivity index (χ0n) is 17.5. The number of fused-ring (bicyclic) bond motifs is 1. The lowest BCUT2D eigenvalue weighted by molar-refractivity contribution is 0.103. The van der Waals surface area contributed by atoms with E-state index in [4.69, 9.17) is 11.6 Å². The predicted octanol–water partition coefficient (Wildman–Crippen LogP) is 6.33. The molecule has 8 heteroatoms. The number of carbonyl (C=O) groups excluding carboxylic acids is 1. The monoisotopic (exact) mass is 484 g/mol. The summed E-state index contributed by atoms with van der Waals surface area (Å²) in [6, 6.07) is 20.9. The fraction of sp³-hybridized carbons (Fsp3) is 0.125. The van der Waals surface area contributed by atoms with Crippen molar-refractivity contribution in [1.82, 2.24) is 0 Å². The Bertz CT molecular complexity index is 1380. The molecule has 0 aliphatic rings. The minimum atomic E-state index is -3.70. The van der Waals surface area contributed by atoms with E-state index in [1.54, 1.807) is 73.7 Å². The van der Waals surface area contributed by atoms with Crippen LogP contribution in [0.4, 0.5) is 11.4 Å². The molecular formula is C24H21ClN2O3S2. The van der Waals surface area contributed by atoms with Crippen LogP contribution in [-0.2, 0) is 10.0 Å². The molecule has 0 fully saturated rings. The van der Waals surface area contributed by atoms with Crippen LogP contribution in [0.3, 0.4) is 0 Å². The van der Waals surface area contributed by atoms with Crippen molar-refractivity contribution in [2.45, 2.75) is 18.7 Å². The van der Waals surface area contributed by atoms with Crippen molar-refractivity contribution in [2.75, 3.05) is 16.2 Å². The number of amides is 1. The molecule has 5 nitrogen and oxygen atoms in total. The first kappa shape index (κ1) is 22.3. The third-order valence-corrected chi connectivity index (χ3v) is 8.29. The first-order chi connectivity index (χ1) is 15.3. The highest BCUT2D eigenvalue weighted by molar-refractivity contribution is 7.92. The standard InChI is InChI=1S/C24H21ClN2O3S2/c1-3-27(32(29,30)21-11-4-16(2)5-12-21)20-10-13-22-17(14-20)15-23(31-22)24(28)26-19-8-6-18(25)7-9-19/h4-15H,3H2,1-2H3,(H,26,28). The van der Waals surface area contributed by atoms with Gasteiger partial charge in [-0.3, -0.25) is 9.10 Å². The topological polar surface area (TPSA) is 66.5 Å². The normalized spacial score (nSPS) is 11.5. The Morgan fingerprint density at radius 1 is 1.00 bits per heavy atom. The molecule has 0 atom stereocenters. The minimum absolute atomic E-state index is 0.227. The lowest BCUT2D eigenvalue weighted by Crippen LogP contribution is -2.30. The summed E-state index contributed by atoms with van der Waals surface area (Å²) < 4.78 is 28.7. The van der Waals surface area contributed by atoms with E-state index in [2.05, 4.69) is 5.32 Å². The summed E-state index contributed by atoms with van der Waals surface area (Å²) in [5, 5.41) is 4.26. The maximum atomic E-state index is 13.2. The van der Waals surface area contributed by atoms with Crippen LogP contribution in [0.15, 0.2) is 77.7 Å². The van der Waals surface area contributed by atoms with Gasteiger partial charge in [0.1, 0.15) is 0 Å². The molecule has 4 rings (SSSR count). The number of anilines is 2. The molecule has 1 aromatic heterocycles. The Labute approximate surface area is 196 Å². The van der Waals surface area contributed by atoms with E-state index in [0.717, 1.165) is 15.6 Å². The van der Waals surface area contributed by atoms with Gasteiger partial charge in [0, 0.05) is 22.0 Å². The molecule has 3 aromatic carbocycles. The first-order valence-corrected chi connectivity index (χ1v) is 12.6. The van der Waals surface area contributed by atoms with Crippen molar-refractivity contribution < 1.29 is 13.2 Å². The van der Waals surface area contributed by atoms with Crippen molar-refractivity contribution in [3.05, 3.63) is 88.3 Å². The molecule has 0 saturated carbocycles. The van der Waals surface area contributed by atoms with Crippen molar-refractivity contribution in [3.63, 3.8) is 0 Å². The molecule has 32 heavy (non-hydrogen) atoms. The third-order valence-electron chi connectivity index (χ3n) is 5.01. The summed E-state index contributed by atoms with van der Waals surface area (Å²) in [6.07, 6.45) is 0. The molecule has 1 heterocycles. The number of thiophene rings is 1. The Morgan fingerprint density at radius 3 is 2.34 bits per heavy atom. The number of carbonyl (C=O) groups is 1. The summed E-state index contributed by atoms with van der Waals surface area (Å²) >= 11 is 7.25. The fourth-order valence-corrected chi connectivity index (χ4v) is 5.88. The summed E-state index contributed by atoms with van der Waals surface area (Å²) in [6.45, 7) is 4.00. The van der Waals surface area contributed by atoms with Crippen LogP contribution in [0.25, 0.3) is 10.1 Å². The van der Waals surface area contributed by atoms with E-state index in [0.29, 0.717) is 21.3 Å². The van der Waals surface area contributed by atoms with Gasteiger partial charge < -0.3 is 5.32 Å². The van der Waals surface area contributed by atoms with Gasteiger partial charge in [-0.05, 0) is 79.9 Å².